The molecule has 0 aromatic heterocycles. The minimum Gasteiger partial charge on any atom is -0.269 e. The van der Waals surface area contributed by atoms with Crippen LogP contribution in [0.3, 0.4) is 0 Å². The zero-order valence-electron chi connectivity index (χ0n) is 11.4. The maximum Gasteiger partial charge on any atom is 0.251 e. The van der Waals surface area contributed by atoms with E-state index in [1.54, 1.807) is 13.0 Å². The lowest BCUT2D eigenvalue weighted by Crippen LogP contribution is -2.37. The second kappa shape index (κ2) is 5.51. The Morgan fingerprint density at radius 3 is 2.50 bits per heavy atom. The zero-order chi connectivity index (χ0) is 14.8. The van der Waals surface area contributed by atoms with Gasteiger partial charge in [-0.3, -0.25) is 4.31 Å². The summed E-state index contributed by atoms with van der Waals surface area (Å²) in [4.78, 5) is 0. The maximum atomic E-state index is 12.4. The first-order chi connectivity index (χ1) is 9.52. The van der Waals surface area contributed by atoms with Crippen molar-refractivity contribution in [2.75, 3.05) is 10.8 Å². The Hall–Kier alpha value is -2.06. The highest BCUT2D eigenvalue weighted by atomic mass is 32.2. The first-order valence-corrected chi connectivity index (χ1v) is 7.91. The summed E-state index contributed by atoms with van der Waals surface area (Å²) in [7, 11) is -3.67. The summed E-state index contributed by atoms with van der Waals surface area (Å²) < 4.78 is 26.2. The van der Waals surface area contributed by atoms with Gasteiger partial charge in [-0.05, 0) is 25.3 Å². The fraction of sp³-hybridized carbons (Fsp3) is 0.267. The largest absolute Gasteiger partial charge is 0.269 e. The SMILES string of the molecule is CCN(c1cccc2ccccc12)S(=O)(=O)C(C)C#N. The van der Waals surface area contributed by atoms with Crippen LogP contribution in [-0.4, -0.2) is 20.2 Å². The summed E-state index contributed by atoms with van der Waals surface area (Å²) in [5, 5.41) is 9.69. The number of nitrogens with zero attached hydrogens (tertiary/aromatic N) is 2. The molecular formula is C15H16N2O2S. The second-order valence-electron chi connectivity index (χ2n) is 4.48. The summed E-state index contributed by atoms with van der Waals surface area (Å²) in [5.41, 5.74) is 0.618. The van der Waals surface area contributed by atoms with Gasteiger partial charge in [0.15, 0.2) is 5.25 Å². The van der Waals surface area contributed by atoms with Gasteiger partial charge in [0.05, 0.1) is 11.8 Å². The zero-order valence-corrected chi connectivity index (χ0v) is 12.3. The highest BCUT2D eigenvalue weighted by Gasteiger charge is 2.28. The molecule has 0 saturated carbocycles. The first kappa shape index (κ1) is 14.4. The van der Waals surface area contributed by atoms with Gasteiger partial charge in [0, 0.05) is 11.9 Å². The van der Waals surface area contributed by atoms with E-state index in [0.717, 1.165) is 10.8 Å². The third-order valence-electron chi connectivity index (χ3n) is 3.26. The van der Waals surface area contributed by atoms with Crippen molar-refractivity contribution in [1.82, 2.24) is 0 Å². The fourth-order valence-corrected chi connectivity index (χ4v) is 3.48. The van der Waals surface area contributed by atoms with E-state index in [4.69, 9.17) is 5.26 Å². The van der Waals surface area contributed by atoms with E-state index in [-0.39, 0.29) is 0 Å². The Bertz CT molecular complexity index is 758. The number of sulfonamides is 1. The van der Waals surface area contributed by atoms with Gasteiger partial charge in [-0.25, -0.2) is 8.42 Å². The van der Waals surface area contributed by atoms with Gasteiger partial charge in [-0.2, -0.15) is 5.26 Å². The number of hydrogen-bond acceptors (Lipinski definition) is 3. The molecule has 0 amide bonds. The van der Waals surface area contributed by atoms with E-state index in [2.05, 4.69) is 0 Å². The van der Waals surface area contributed by atoms with Crippen molar-refractivity contribution in [2.45, 2.75) is 19.1 Å². The molecule has 0 heterocycles. The lowest BCUT2D eigenvalue weighted by Gasteiger charge is -2.25. The number of rotatable bonds is 4. The highest BCUT2D eigenvalue weighted by Crippen LogP contribution is 2.29. The molecule has 1 unspecified atom stereocenters. The molecule has 5 heteroatoms. The van der Waals surface area contributed by atoms with Crippen molar-refractivity contribution in [3.8, 4) is 6.07 Å². The monoisotopic (exact) mass is 288 g/mol. The van der Waals surface area contributed by atoms with Crippen LogP contribution in [0.15, 0.2) is 42.5 Å². The third kappa shape index (κ3) is 2.35. The van der Waals surface area contributed by atoms with Crippen molar-refractivity contribution < 1.29 is 8.42 Å². The highest BCUT2D eigenvalue weighted by molar-refractivity contribution is 7.93. The van der Waals surface area contributed by atoms with Gasteiger partial charge in [0.25, 0.3) is 10.0 Å². The number of anilines is 1. The molecule has 104 valence electrons. The normalized spacial score (nSPS) is 12.8. The first-order valence-electron chi connectivity index (χ1n) is 6.41. The molecule has 0 aliphatic heterocycles. The van der Waals surface area contributed by atoms with Crippen LogP contribution in [0.4, 0.5) is 5.69 Å². The summed E-state index contributed by atoms with van der Waals surface area (Å²) in [6.45, 7) is 3.47. The number of hydrogen-bond donors (Lipinski definition) is 0. The molecular weight excluding hydrogens is 272 g/mol. The van der Waals surface area contributed by atoms with Crippen LogP contribution in [0.5, 0.6) is 0 Å². The topological polar surface area (TPSA) is 61.2 Å². The minimum absolute atomic E-state index is 0.294. The molecule has 2 aromatic carbocycles. The quantitative estimate of drug-likeness (QED) is 0.869. The predicted molar refractivity (Wildman–Crippen MR) is 81.0 cm³/mol. The van der Waals surface area contributed by atoms with Crippen LogP contribution in [0.2, 0.25) is 0 Å². The number of benzene rings is 2. The summed E-state index contributed by atoms with van der Waals surface area (Å²) >= 11 is 0. The number of nitriles is 1. The molecule has 2 rings (SSSR count). The Balaban J connectivity index is 2.65. The van der Waals surface area contributed by atoms with Crippen LogP contribution >= 0.6 is 0 Å². The van der Waals surface area contributed by atoms with E-state index in [1.165, 1.54) is 11.2 Å². The van der Waals surface area contributed by atoms with Crippen molar-refractivity contribution in [1.29, 1.82) is 5.26 Å². The van der Waals surface area contributed by atoms with Gasteiger partial charge in [0.1, 0.15) is 0 Å². The van der Waals surface area contributed by atoms with Crippen molar-refractivity contribution in [2.24, 2.45) is 0 Å². The Labute approximate surface area is 119 Å². The molecule has 1 atom stereocenters. The molecule has 0 saturated heterocycles. The minimum atomic E-state index is -3.67. The van der Waals surface area contributed by atoms with Crippen LogP contribution in [-0.2, 0) is 10.0 Å². The smallest absolute Gasteiger partial charge is 0.251 e. The molecule has 0 radical (unpaired) electrons. The average Bonchev–Trinajstić information content (AvgIpc) is 2.47. The van der Waals surface area contributed by atoms with E-state index in [9.17, 15) is 8.42 Å². The molecule has 0 aliphatic rings. The summed E-state index contributed by atoms with van der Waals surface area (Å²) in [6, 6.07) is 15.0. The summed E-state index contributed by atoms with van der Waals surface area (Å²) in [5.74, 6) is 0. The van der Waals surface area contributed by atoms with Crippen molar-refractivity contribution in [3.63, 3.8) is 0 Å². The van der Waals surface area contributed by atoms with Gasteiger partial charge >= 0.3 is 0 Å². The van der Waals surface area contributed by atoms with Crippen molar-refractivity contribution >= 4 is 26.5 Å². The van der Waals surface area contributed by atoms with E-state index < -0.39 is 15.3 Å². The standard InChI is InChI=1S/C15H16N2O2S/c1-3-17(20(18,19)12(2)11-16)15-10-6-8-13-7-4-5-9-14(13)15/h4-10,12H,3H2,1-2H3. The average molecular weight is 288 g/mol. The van der Waals surface area contributed by atoms with E-state index in [0.29, 0.717) is 12.2 Å². The Morgan fingerprint density at radius 2 is 1.85 bits per heavy atom. The van der Waals surface area contributed by atoms with Crippen LogP contribution in [0, 0.1) is 11.3 Å². The molecule has 0 aliphatic carbocycles. The maximum absolute atomic E-state index is 12.4. The third-order valence-corrected chi connectivity index (χ3v) is 5.33. The van der Waals surface area contributed by atoms with Gasteiger partial charge in [0.2, 0.25) is 0 Å². The molecule has 20 heavy (non-hydrogen) atoms. The molecule has 2 aromatic rings. The van der Waals surface area contributed by atoms with Gasteiger partial charge in [-0.1, -0.05) is 36.4 Å². The Morgan fingerprint density at radius 1 is 1.20 bits per heavy atom. The molecule has 4 nitrogen and oxygen atoms in total. The number of fused-ring (bicyclic) bond motifs is 1. The second-order valence-corrected chi connectivity index (χ2v) is 6.66. The fourth-order valence-electron chi connectivity index (χ4n) is 2.17. The molecule has 0 fully saturated rings. The van der Waals surface area contributed by atoms with Crippen LogP contribution in [0.25, 0.3) is 10.8 Å². The molecule has 0 N–H and O–H groups in total. The predicted octanol–water partition coefficient (Wildman–Crippen LogP) is 2.91. The van der Waals surface area contributed by atoms with Crippen LogP contribution < -0.4 is 4.31 Å². The molecule has 0 bridgehead atoms. The van der Waals surface area contributed by atoms with Crippen LogP contribution in [0.1, 0.15) is 13.8 Å². The lowest BCUT2D eigenvalue weighted by molar-refractivity contribution is 0.588. The van der Waals surface area contributed by atoms with Crippen molar-refractivity contribution in [3.05, 3.63) is 42.5 Å². The van der Waals surface area contributed by atoms with Gasteiger partial charge < -0.3 is 0 Å². The molecule has 0 spiro atoms. The Kier molecular flexibility index (Phi) is 3.96. The van der Waals surface area contributed by atoms with Gasteiger partial charge in [-0.15, -0.1) is 0 Å². The summed E-state index contributed by atoms with van der Waals surface area (Å²) in [6.07, 6.45) is 0. The van der Waals surface area contributed by atoms with E-state index in [1.807, 2.05) is 42.5 Å². The lowest BCUT2D eigenvalue weighted by atomic mass is 10.1. The van der Waals surface area contributed by atoms with E-state index >= 15 is 0 Å².